The molecule has 0 aromatic heterocycles. The zero-order valence-electron chi connectivity index (χ0n) is 14.1. The van der Waals surface area contributed by atoms with E-state index in [-0.39, 0.29) is 42.2 Å². The van der Waals surface area contributed by atoms with Crippen LogP contribution in [-0.4, -0.2) is 51.8 Å². The maximum atomic E-state index is 13.1. The van der Waals surface area contributed by atoms with Crippen LogP contribution in [0.1, 0.15) is 12.5 Å². The summed E-state index contributed by atoms with van der Waals surface area (Å²) in [5.41, 5.74) is 0.908. The summed E-state index contributed by atoms with van der Waals surface area (Å²) < 4.78 is 18.0. The first-order valence-electron chi connectivity index (χ1n) is 7.68. The van der Waals surface area contributed by atoms with Crippen molar-refractivity contribution >= 4 is 35.8 Å². The third-order valence-electron chi connectivity index (χ3n) is 2.95. The van der Waals surface area contributed by atoms with Crippen molar-refractivity contribution in [2.75, 3.05) is 39.9 Å². The van der Waals surface area contributed by atoms with E-state index >= 15 is 0 Å². The van der Waals surface area contributed by atoms with Crippen molar-refractivity contribution in [3.05, 3.63) is 35.6 Å². The molecule has 0 aliphatic carbocycles. The van der Waals surface area contributed by atoms with Gasteiger partial charge in [-0.2, -0.15) is 0 Å². The molecule has 1 rings (SSSR count). The number of halogens is 2. The first kappa shape index (κ1) is 22.6. The molecule has 6 nitrogen and oxygen atoms in total. The summed E-state index contributed by atoms with van der Waals surface area (Å²) in [7, 11) is 1.58. The van der Waals surface area contributed by atoms with Gasteiger partial charge >= 0.3 is 0 Å². The lowest BCUT2D eigenvalue weighted by Gasteiger charge is -2.11. The van der Waals surface area contributed by atoms with Crippen LogP contribution >= 0.6 is 24.0 Å². The highest BCUT2D eigenvalue weighted by Gasteiger charge is 2.02. The Hall–Kier alpha value is -1.42. The summed E-state index contributed by atoms with van der Waals surface area (Å²) in [6, 6.07) is 6.49. The van der Waals surface area contributed by atoms with Crippen molar-refractivity contribution in [1.29, 1.82) is 0 Å². The number of nitrogens with one attached hydrogen (secondary N) is 3. The molecule has 0 heterocycles. The zero-order valence-corrected chi connectivity index (χ0v) is 16.4. The van der Waals surface area contributed by atoms with Crippen molar-refractivity contribution in [3.63, 3.8) is 0 Å². The highest BCUT2D eigenvalue weighted by molar-refractivity contribution is 14.0. The summed E-state index contributed by atoms with van der Waals surface area (Å²) in [4.78, 5) is 15.8. The number of carbonyl (C=O) groups is 1. The predicted octanol–water partition coefficient (Wildman–Crippen LogP) is 1.30. The molecular formula is C16H26FIN4O2. The molecule has 8 heteroatoms. The lowest BCUT2D eigenvalue weighted by Crippen LogP contribution is -2.39. The number of hydrogen-bond donors (Lipinski definition) is 3. The largest absolute Gasteiger partial charge is 0.383 e. The number of hydrogen-bond acceptors (Lipinski definition) is 3. The molecule has 0 spiro atoms. The van der Waals surface area contributed by atoms with Gasteiger partial charge in [0, 0.05) is 26.7 Å². The van der Waals surface area contributed by atoms with E-state index in [2.05, 4.69) is 20.9 Å². The number of ether oxygens (including phenoxy) is 1. The minimum Gasteiger partial charge on any atom is -0.383 e. The van der Waals surface area contributed by atoms with E-state index in [0.717, 1.165) is 5.56 Å². The fourth-order valence-corrected chi connectivity index (χ4v) is 1.86. The fraction of sp³-hybridized carbons (Fsp3) is 0.500. The maximum Gasteiger partial charge on any atom is 0.241 e. The summed E-state index contributed by atoms with van der Waals surface area (Å²) in [5.74, 6) is 0.158. The molecular weight excluding hydrogens is 426 g/mol. The fourth-order valence-electron chi connectivity index (χ4n) is 1.86. The quantitative estimate of drug-likeness (QED) is 0.229. The zero-order chi connectivity index (χ0) is 16.9. The second kappa shape index (κ2) is 14.0. The van der Waals surface area contributed by atoms with Crippen LogP contribution in [0.25, 0.3) is 0 Å². The number of nitrogens with zero attached hydrogens (tertiary/aromatic N) is 1. The summed E-state index contributed by atoms with van der Waals surface area (Å²) >= 11 is 0. The van der Waals surface area contributed by atoms with Crippen LogP contribution in [0.4, 0.5) is 4.39 Å². The number of guanidine groups is 1. The van der Waals surface area contributed by atoms with Crippen molar-refractivity contribution in [1.82, 2.24) is 16.0 Å². The molecule has 0 saturated heterocycles. The average Bonchev–Trinajstić information content (AvgIpc) is 2.53. The van der Waals surface area contributed by atoms with E-state index in [1.807, 2.05) is 13.0 Å². The Morgan fingerprint density at radius 3 is 2.71 bits per heavy atom. The van der Waals surface area contributed by atoms with E-state index in [9.17, 15) is 9.18 Å². The van der Waals surface area contributed by atoms with Gasteiger partial charge in [-0.05, 0) is 31.0 Å². The standard InChI is InChI=1S/C16H25FN4O2.HI/c1-3-18-16(21-12-15(22)19-9-10-23-2)20-8-7-13-5-4-6-14(17)11-13;/h4-6,11H,3,7-10,12H2,1-2H3,(H,19,22)(H2,18,20,21);1H. The maximum absolute atomic E-state index is 13.1. The molecule has 136 valence electrons. The molecule has 0 saturated carbocycles. The first-order valence-corrected chi connectivity index (χ1v) is 7.68. The molecule has 0 bridgehead atoms. The number of aliphatic imine (C=N–C) groups is 1. The second-order valence-corrected chi connectivity index (χ2v) is 4.84. The normalized spacial score (nSPS) is 10.7. The van der Waals surface area contributed by atoms with Crippen LogP contribution in [-0.2, 0) is 16.0 Å². The van der Waals surface area contributed by atoms with Crippen LogP contribution in [0.2, 0.25) is 0 Å². The summed E-state index contributed by atoms with van der Waals surface area (Å²) in [6.45, 7) is 4.22. The van der Waals surface area contributed by atoms with Gasteiger partial charge in [-0.3, -0.25) is 4.79 Å². The predicted molar refractivity (Wildman–Crippen MR) is 104 cm³/mol. The molecule has 0 fully saturated rings. The van der Waals surface area contributed by atoms with Gasteiger partial charge in [0.2, 0.25) is 5.91 Å². The van der Waals surface area contributed by atoms with Crippen molar-refractivity contribution in [3.8, 4) is 0 Å². The summed E-state index contributed by atoms with van der Waals surface area (Å²) in [5, 5.41) is 8.89. The molecule has 0 aliphatic heterocycles. The van der Waals surface area contributed by atoms with E-state index in [0.29, 0.717) is 38.6 Å². The van der Waals surface area contributed by atoms with Gasteiger partial charge in [-0.15, -0.1) is 24.0 Å². The Bertz CT molecular complexity index is 515. The Balaban J connectivity index is 0.00000529. The smallest absolute Gasteiger partial charge is 0.241 e. The van der Waals surface area contributed by atoms with Gasteiger partial charge in [0.25, 0.3) is 0 Å². The molecule has 0 unspecified atom stereocenters. The number of methoxy groups -OCH3 is 1. The minimum absolute atomic E-state index is 0. The monoisotopic (exact) mass is 452 g/mol. The Morgan fingerprint density at radius 1 is 1.25 bits per heavy atom. The van der Waals surface area contributed by atoms with Crippen LogP contribution < -0.4 is 16.0 Å². The van der Waals surface area contributed by atoms with Gasteiger partial charge in [0.1, 0.15) is 12.4 Å². The van der Waals surface area contributed by atoms with Gasteiger partial charge < -0.3 is 20.7 Å². The lowest BCUT2D eigenvalue weighted by atomic mass is 10.1. The molecule has 0 radical (unpaired) electrons. The highest BCUT2D eigenvalue weighted by atomic mass is 127. The van der Waals surface area contributed by atoms with Crippen molar-refractivity contribution in [2.24, 2.45) is 4.99 Å². The number of amides is 1. The minimum atomic E-state index is -0.240. The molecule has 24 heavy (non-hydrogen) atoms. The molecule has 3 N–H and O–H groups in total. The van der Waals surface area contributed by atoms with E-state index < -0.39 is 0 Å². The van der Waals surface area contributed by atoms with Crippen LogP contribution in [0.3, 0.4) is 0 Å². The van der Waals surface area contributed by atoms with Crippen molar-refractivity contribution in [2.45, 2.75) is 13.3 Å². The third kappa shape index (κ3) is 10.4. The van der Waals surface area contributed by atoms with E-state index in [1.54, 1.807) is 13.2 Å². The molecule has 0 atom stereocenters. The second-order valence-electron chi connectivity index (χ2n) is 4.84. The highest BCUT2D eigenvalue weighted by Crippen LogP contribution is 2.03. The third-order valence-corrected chi connectivity index (χ3v) is 2.95. The van der Waals surface area contributed by atoms with Crippen LogP contribution in [0, 0.1) is 5.82 Å². The van der Waals surface area contributed by atoms with Gasteiger partial charge in [0.15, 0.2) is 5.96 Å². The molecule has 0 aliphatic rings. The molecule has 1 amide bonds. The summed E-state index contributed by atoms with van der Waals surface area (Å²) in [6.07, 6.45) is 0.669. The SMILES string of the molecule is CCNC(=NCC(=O)NCCOC)NCCc1cccc(F)c1.I. The topological polar surface area (TPSA) is 74.8 Å². The Morgan fingerprint density at radius 2 is 2.04 bits per heavy atom. The van der Waals surface area contributed by atoms with Crippen molar-refractivity contribution < 1.29 is 13.9 Å². The first-order chi connectivity index (χ1) is 11.2. The molecule has 1 aromatic rings. The van der Waals surface area contributed by atoms with E-state index in [4.69, 9.17) is 4.74 Å². The Kier molecular flexibility index (Phi) is 13.1. The number of benzene rings is 1. The van der Waals surface area contributed by atoms with E-state index in [1.165, 1.54) is 12.1 Å². The number of rotatable bonds is 9. The lowest BCUT2D eigenvalue weighted by molar-refractivity contribution is -0.119. The van der Waals surface area contributed by atoms with Gasteiger partial charge in [0.05, 0.1) is 6.61 Å². The molecule has 1 aromatic carbocycles. The van der Waals surface area contributed by atoms with Gasteiger partial charge in [-0.25, -0.2) is 9.38 Å². The van der Waals surface area contributed by atoms with Crippen LogP contribution in [0.15, 0.2) is 29.3 Å². The Labute approximate surface area is 159 Å². The number of carbonyl (C=O) groups excluding carboxylic acids is 1. The average molecular weight is 452 g/mol. The van der Waals surface area contributed by atoms with Crippen LogP contribution in [0.5, 0.6) is 0 Å². The van der Waals surface area contributed by atoms with Gasteiger partial charge in [-0.1, -0.05) is 12.1 Å².